The van der Waals surface area contributed by atoms with Gasteiger partial charge < -0.3 is 15.2 Å². The van der Waals surface area contributed by atoms with E-state index in [-0.39, 0.29) is 5.76 Å². The van der Waals surface area contributed by atoms with Crippen LogP contribution in [0.15, 0.2) is 36.0 Å². The van der Waals surface area contributed by atoms with Gasteiger partial charge in [-0.3, -0.25) is 0 Å². The van der Waals surface area contributed by atoms with Crippen LogP contribution < -0.4 is 0 Å². The normalized spacial score (nSPS) is 12.1. The van der Waals surface area contributed by atoms with Crippen molar-refractivity contribution in [1.29, 1.82) is 0 Å². The van der Waals surface area contributed by atoms with Crippen LogP contribution >= 0.6 is 0 Å². The first-order valence-electron chi connectivity index (χ1n) is 3.16. The minimum Gasteiger partial charge on any atom is -0.509 e. The molecule has 0 spiro atoms. The highest BCUT2D eigenvalue weighted by Crippen LogP contribution is 1.99. The van der Waals surface area contributed by atoms with Gasteiger partial charge in [-0.2, -0.15) is 0 Å². The predicted octanol–water partition coefficient (Wildman–Crippen LogP) is 0.573. The zero-order valence-electron chi connectivity index (χ0n) is 6.36. The Morgan fingerprint density at radius 1 is 1.36 bits per heavy atom. The summed E-state index contributed by atoms with van der Waals surface area (Å²) in [6.45, 7) is 4.86. The van der Waals surface area contributed by atoms with E-state index >= 15 is 0 Å². The second-order valence-electron chi connectivity index (χ2n) is 1.99. The number of hydrogen-bond donors (Lipinski definition) is 3. The monoisotopic (exact) mass is 154 g/mol. The van der Waals surface area contributed by atoms with Gasteiger partial charge in [-0.25, -0.2) is 0 Å². The fourth-order valence-electron chi connectivity index (χ4n) is 0.524. The maximum Gasteiger partial charge on any atom is 0.488 e. The third-order valence-corrected chi connectivity index (χ3v) is 1.10. The van der Waals surface area contributed by atoms with Gasteiger partial charge in [0, 0.05) is 0 Å². The summed E-state index contributed by atoms with van der Waals surface area (Å²) >= 11 is 0. The van der Waals surface area contributed by atoms with Gasteiger partial charge in [0.2, 0.25) is 0 Å². The Bertz CT molecular complexity index is 194. The van der Waals surface area contributed by atoms with Gasteiger partial charge >= 0.3 is 7.12 Å². The highest BCUT2D eigenvalue weighted by molar-refractivity contribution is 6.51. The van der Waals surface area contributed by atoms with Crippen molar-refractivity contribution >= 4 is 7.12 Å². The second kappa shape index (κ2) is 4.76. The van der Waals surface area contributed by atoms with Crippen LogP contribution in [0.1, 0.15) is 6.92 Å². The molecule has 0 saturated heterocycles. The Morgan fingerprint density at radius 3 is 2.18 bits per heavy atom. The minimum absolute atomic E-state index is 0.120. The van der Waals surface area contributed by atoms with Crippen LogP contribution in [-0.4, -0.2) is 22.3 Å². The lowest BCUT2D eigenvalue weighted by atomic mass is 9.79. The number of rotatable bonds is 3. The van der Waals surface area contributed by atoms with Crippen molar-refractivity contribution in [1.82, 2.24) is 0 Å². The molecule has 0 unspecified atom stereocenters. The van der Waals surface area contributed by atoms with Crippen LogP contribution in [0.3, 0.4) is 0 Å². The molecule has 0 amide bonds. The third-order valence-electron chi connectivity index (χ3n) is 1.10. The molecule has 0 heterocycles. The molecule has 0 radical (unpaired) electrons. The summed E-state index contributed by atoms with van der Waals surface area (Å²) in [5.74, 6) is -0.120. The number of allylic oxidation sites excluding steroid dienone is 4. The average molecular weight is 154 g/mol. The summed E-state index contributed by atoms with van der Waals surface area (Å²) in [6.07, 6.45) is 4.20. The fraction of sp³-hybridized carbons (Fsp3) is 0.143. The van der Waals surface area contributed by atoms with E-state index in [0.29, 0.717) is 5.47 Å². The third kappa shape index (κ3) is 4.41. The molecule has 0 aliphatic rings. The lowest BCUT2D eigenvalue weighted by Gasteiger charge is -1.96. The fourth-order valence-corrected chi connectivity index (χ4v) is 0.524. The molecule has 3 N–H and O–H groups in total. The van der Waals surface area contributed by atoms with Gasteiger partial charge in [-0.1, -0.05) is 18.7 Å². The van der Waals surface area contributed by atoms with E-state index < -0.39 is 7.12 Å². The summed E-state index contributed by atoms with van der Waals surface area (Å²) in [5.41, 5.74) is 0.320. The molecule has 0 aromatic rings. The van der Waals surface area contributed by atoms with Crippen molar-refractivity contribution in [2.24, 2.45) is 0 Å². The molecular weight excluding hydrogens is 143 g/mol. The maximum atomic E-state index is 8.65. The minimum atomic E-state index is -1.50. The summed E-state index contributed by atoms with van der Waals surface area (Å²) in [6, 6.07) is 0. The predicted molar refractivity (Wildman–Crippen MR) is 44.9 cm³/mol. The van der Waals surface area contributed by atoms with Crippen molar-refractivity contribution in [2.45, 2.75) is 6.92 Å². The molecule has 60 valence electrons. The SMILES string of the molecule is C=C(O)/C=C\C(=C/C)B(O)O. The molecular formula is C7H11BO3. The quantitative estimate of drug-likeness (QED) is 0.316. The van der Waals surface area contributed by atoms with Crippen LogP contribution in [0.5, 0.6) is 0 Å². The van der Waals surface area contributed by atoms with Gasteiger partial charge in [0.05, 0.1) is 0 Å². The summed E-state index contributed by atoms with van der Waals surface area (Å²) < 4.78 is 0. The Kier molecular flexibility index (Phi) is 4.33. The molecule has 0 atom stereocenters. The first-order chi connectivity index (χ1) is 5.07. The largest absolute Gasteiger partial charge is 0.509 e. The number of hydrogen-bond acceptors (Lipinski definition) is 3. The Labute approximate surface area is 66.1 Å². The van der Waals surface area contributed by atoms with E-state index in [0.717, 1.165) is 0 Å². The van der Waals surface area contributed by atoms with E-state index in [2.05, 4.69) is 6.58 Å². The lowest BCUT2D eigenvalue weighted by molar-refractivity contribution is 0.420. The van der Waals surface area contributed by atoms with Crippen molar-refractivity contribution < 1.29 is 15.2 Å². The summed E-state index contributed by atoms with van der Waals surface area (Å²) in [4.78, 5) is 0. The Hall–Kier alpha value is -0.995. The molecule has 0 saturated carbocycles. The van der Waals surface area contributed by atoms with Gasteiger partial charge in [-0.15, -0.1) is 0 Å². The molecule has 0 aromatic heterocycles. The van der Waals surface area contributed by atoms with Crippen LogP contribution in [0.4, 0.5) is 0 Å². The average Bonchev–Trinajstić information content (AvgIpc) is 1.87. The van der Waals surface area contributed by atoms with Crippen LogP contribution in [0, 0.1) is 0 Å². The van der Waals surface area contributed by atoms with E-state index in [1.54, 1.807) is 6.92 Å². The van der Waals surface area contributed by atoms with Gasteiger partial charge in [0.25, 0.3) is 0 Å². The molecule has 0 aliphatic heterocycles. The van der Waals surface area contributed by atoms with Gasteiger partial charge in [-0.05, 0) is 18.5 Å². The molecule has 0 fully saturated rings. The Balaban J connectivity index is 4.22. The first-order valence-corrected chi connectivity index (χ1v) is 3.16. The lowest BCUT2D eigenvalue weighted by Crippen LogP contribution is -2.13. The van der Waals surface area contributed by atoms with Gasteiger partial charge in [0.15, 0.2) is 0 Å². The van der Waals surface area contributed by atoms with Gasteiger partial charge in [0.1, 0.15) is 5.76 Å². The van der Waals surface area contributed by atoms with E-state index in [4.69, 9.17) is 15.2 Å². The molecule has 0 rings (SSSR count). The van der Waals surface area contributed by atoms with Crippen LogP contribution in [-0.2, 0) is 0 Å². The molecule has 0 aliphatic carbocycles. The molecule has 3 nitrogen and oxygen atoms in total. The highest BCUT2D eigenvalue weighted by atomic mass is 16.4. The van der Waals surface area contributed by atoms with E-state index in [9.17, 15) is 0 Å². The van der Waals surface area contributed by atoms with Crippen molar-refractivity contribution in [3.05, 3.63) is 36.0 Å². The van der Waals surface area contributed by atoms with Crippen LogP contribution in [0.25, 0.3) is 0 Å². The molecule has 0 aromatic carbocycles. The molecule has 0 bridgehead atoms. The summed E-state index contributed by atoms with van der Waals surface area (Å²) in [7, 11) is -1.50. The second-order valence-corrected chi connectivity index (χ2v) is 1.99. The molecule has 4 heteroatoms. The summed E-state index contributed by atoms with van der Waals surface area (Å²) in [5, 5.41) is 25.9. The van der Waals surface area contributed by atoms with Crippen LogP contribution in [0.2, 0.25) is 0 Å². The zero-order chi connectivity index (χ0) is 8.85. The number of aliphatic hydroxyl groups is 1. The molecule has 11 heavy (non-hydrogen) atoms. The maximum absolute atomic E-state index is 8.65. The zero-order valence-corrected chi connectivity index (χ0v) is 6.36. The smallest absolute Gasteiger partial charge is 0.488 e. The highest BCUT2D eigenvalue weighted by Gasteiger charge is 2.09. The number of aliphatic hydroxyl groups excluding tert-OH is 1. The van der Waals surface area contributed by atoms with E-state index in [1.807, 2.05) is 0 Å². The van der Waals surface area contributed by atoms with Crippen molar-refractivity contribution in [3.8, 4) is 0 Å². The Morgan fingerprint density at radius 2 is 1.91 bits per heavy atom. The first kappa shape index (κ1) is 10.0. The van der Waals surface area contributed by atoms with Crippen molar-refractivity contribution in [3.63, 3.8) is 0 Å². The standard InChI is InChI=1S/C7H11BO3/c1-3-7(8(10)11)5-4-6(2)9/h3-5,9-11H,2H2,1H3/b5-4-,7-3+. The van der Waals surface area contributed by atoms with E-state index in [1.165, 1.54) is 18.2 Å². The topological polar surface area (TPSA) is 60.7 Å². The van der Waals surface area contributed by atoms with Crippen molar-refractivity contribution in [2.75, 3.05) is 0 Å².